The summed E-state index contributed by atoms with van der Waals surface area (Å²) in [4.78, 5) is 11.0. The molecule has 0 aromatic carbocycles. The van der Waals surface area contributed by atoms with Crippen LogP contribution in [0.3, 0.4) is 0 Å². The molecule has 0 bridgehead atoms. The fourth-order valence-electron chi connectivity index (χ4n) is 1.18. The third-order valence-electron chi connectivity index (χ3n) is 1.74. The molecule has 2 N–H and O–H groups in total. The van der Waals surface area contributed by atoms with Crippen molar-refractivity contribution in [1.29, 1.82) is 0 Å². The van der Waals surface area contributed by atoms with Crippen LogP contribution in [0.15, 0.2) is 35.8 Å². The summed E-state index contributed by atoms with van der Waals surface area (Å²) in [5, 5.41) is 2.96. The monoisotopic (exact) mass is 192 g/mol. The summed E-state index contributed by atoms with van der Waals surface area (Å²) in [5.74, 6) is -0.404. The van der Waals surface area contributed by atoms with E-state index in [1.165, 1.54) is 0 Å². The van der Waals surface area contributed by atoms with Gasteiger partial charge in [0.25, 0.3) is 5.91 Å². The van der Waals surface area contributed by atoms with Crippen molar-refractivity contribution in [2.75, 3.05) is 0 Å². The van der Waals surface area contributed by atoms with E-state index in [1.54, 1.807) is 28.0 Å². The molecular formula is C9H8N2OS. The molecule has 0 atom stereocenters. The van der Waals surface area contributed by atoms with Crippen LogP contribution in [0.1, 0.15) is 10.5 Å². The molecule has 2 rings (SSSR count). The Morgan fingerprint density at radius 1 is 1.38 bits per heavy atom. The molecule has 0 fully saturated rings. The van der Waals surface area contributed by atoms with Gasteiger partial charge in [-0.05, 0) is 29.6 Å². The number of nitrogens with zero attached hydrogens (tertiary/aromatic N) is 1. The minimum absolute atomic E-state index is 0.404. The smallest absolute Gasteiger partial charge is 0.265 e. The average Bonchev–Trinajstić information content (AvgIpc) is 2.74. The third kappa shape index (κ3) is 1.36. The van der Waals surface area contributed by atoms with Crippen molar-refractivity contribution < 1.29 is 4.79 Å². The van der Waals surface area contributed by atoms with Gasteiger partial charge in [0.1, 0.15) is 5.69 Å². The molecule has 0 radical (unpaired) electrons. The van der Waals surface area contributed by atoms with Gasteiger partial charge in [0, 0.05) is 6.20 Å². The Labute approximate surface area is 79.4 Å². The molecule has 66 valence electrons. The molecule has 3 nitrogen and oxygen atoms in total. The number of nitrogens with two attached hydrogens (primary N) is 1. The zero-order valence-electron chi connectivity index (χ0n) is 6.81. The van der Waals surface area contributed by atoms with Crippen LogP contribution in [-0.2, 0) is 0 Å². The van der Waals surface area contributed by atoms with Crippen LogP contribution in [0.4, 0.5) is 0 Å². The first-order chi connectivity index (χ1) is 6.29. The van der Waals surface area contributed by atoms with Crippen molar-refractivity contribution in [2.45, 2.75) is 0 Å². The predicted molar refractivity (Wildman–Crippen MR) is 52.2 cm³/mol. The first-order valence-electron chi connectivity index (χ1n) is 3.80. The van der Waals surface area contributed by atoms with Crippen molar-refractivity contribution in [1.82, 2.24) is 4.57 Å². The van der Waals surface area contributed by atoms with E-state index >= 15 is 0 Å². The summed E-state index contributed by atoms with van der Waals surface area (Å²) in [6.07, 6.45) is 1.83. The van der Waals surface area contributed by atoms with Crippen molar-refractivity contribution in [3.05, 3.63) is 41.5 Å². The Hall–Kier alpha value is -1.55. The number of hydrogen-bond donors (Lipinski definition) is 1. The quantitative estimate of drug-likeness (QED) is 0.772. The molecule has 2 heterocycles. The molecular weight excluding hydrogens is 184 g/mol. The van der Waals surface area contributed by atoms with Crippen LogP contribution < -0.4 is 5.73 Å². The number of hydrogen-bond acceptors (Lipinski definition) is 2. The lowest BCUT2D eigenvalue weighted by atomic mass is 10.4. The van der Waals surface area contributed by atoms with Gasteiger partial charge in [0.05, 0.1) is 5.00 Å². The summed E-state index contributed by atoms with van der Waals surface area (Å²) >= 11 is 1.57. The number of carbonyl (C=O) groups excluding carboxylic acids is 1. The molecule has 4 heteroatoms. The number of rotatable bonds is 2. The van der Waals surface area contributed by atoms with Gasteiger partial charge in [-0.2, -0.15) is 0 Å². The zero-order valence-corrected chi connectivity index (χ0v) is 7.62. The van der Waals surface area contributed by atoms with Crippen LogP contribution in [0.5, 0.6) is 0 Å². The first-order valence-corrected chi connectivity index (χ1v) is 4.68. The maximum atomic E-state index is 11.0. The van der Waals surface area contributed by atoms with E-state index < -0.39 is 5.91 Å². The van der Waals surface area contributed by atoms with Crippen LogP contribution in [0.25, 0.3) is 5.00 Å². The Balaban J connectivity index is 2.52. The Bertz CT molecular complexity index is 417. The highest BCUT2D eigenvalue weighted by molar-refractivity contribution is 7.12. The fourth-order valence-corrected chi connectivity index (χ4v) is 1.91. The lowest BCUT2D eigenvalue weighted by Gasteiger charge is -2.01. The second kappa shape index (κ2) is 3.06. The van der Waals surface area contributed by atoms with Crippen molar-refractivity contribution in [2.24, 2.45) is 5.73 Å². The number of carbonyl (C=O) groups is 1. The van der Waals surface area contributed by atoms with E-state index in [2.05, 4.69) is 0 Å². The molecule has 0 aliphatic rings. The second-order valence-electron chi connectivity index (χ2n) is 2.58. The molecule has 0 aliphatic carbocycles. The van der Waals surface area contributed by atoms with Crippen molar-refractivity contribution in [3.8, 4) is 5.00 Å². The predicted octanol–water partition coefficient (Wildman–Crippen LogP) is 1.64. The SMILES string of the molecule is NC(=O)c1cccn1-c1cccs1. The van der Waals surface area contributed by atoms with E-state index in [4.69, 9.17) is 5.73 Å². The maximum absolute atomic E-state index is 11.0. The first kappa shape index (κ1) is 8.07. The molecule has 2 aromatic heterocycles. The maximum Gasteiger partial charge on any atom is 0.265 e. The number of amides is 1. The number of thiophene rings is 1. The van der Waals surface area contributed by atoms with E-state index in [9.17, 15) is 4.79 Å². The Morgan fingerprint density at radius 3 is 2.85 bits per heavy atom. The largest absolute Gasteiger partial charge is 0.364 e. The minimum Gasteiger partial charge on any atom is -0.364 e. The topological polar surface area (TPSA) is 48.0 Å². The molecule has 13 heavy (non-hydrogen) atoms. The summed E-state index contributed by atoms with van der Waals surface area (Å²) in [6, 6.07) is 7.39. The standard InChI is InChI=1S/C9H8N2OS/c10-9(12)7-3-1-5-11(7)8-4-2-6-13-8/h1-6H,(H2,10,12). The van der Waals surface area contributed by atoms with Gasteiger partial charge in [-0.1, -0.05) is 0 Å². The molecule has 0 unspecified atom stereocenters. The van der Waals surface area contributed by atoms with Crippen molar-refractivity contribution in [3.63, 3.8) is 0 Å². The van der Waals surface area contributed by atoms with E-state index in [1.807, 2.05) is 23.7 Å². The van der Waals surface area contributed by atoms with Gasteiger partial charge in [0.2, 0.25) is 0 Å². The van der Waals surface area contributed by atoms with Crippen LogP contribution in [0.2, 0.25) is 0 Å². The fraction of sp³-hybridized carbons (Fsp3) is 0. The average molecular weight is 192 g/mol. The highest BCUT2D eigenvalue weighted by Gasteiger charge is 2.07. The Kier molecular flexibility index (Phi) is 1.90. The lowest BCUT2D eigenvalue weighted by molar-refractivity contribution is 0.0994. The second-order valence-corrected chi connectivity index (χ2v) is 3.51. The van der Waals surface area contributed by atoms with Gasteiger partial charge in [-0.3, -0.25) is 4.79 Å². The summed E-state index contributed by atoms with van der Waals surface area (Å²) in [5.41, 5.74) is 5.73. The van der Waals surface area contributed by atoms with E-state index in [0.717, 1.165) is 5.00 Å². The highest BCUT2D eigenvalue weighted by atomic mass is 32.1. The van der Waals surface area contributed by atoms with Gasteiger partial charge in [0.15, 0.2) is 0 Å². The molecule has 0 aliphatic heterocycles. The molecule has 0 saturated heterocycles. The van der Waals surface area contributed by atoms with Gasteiger partial charge in [-0.15, -0.1) is 11.3 Å². The molecule has 2 aromatic rings. The normalized spacial score (nSPS) is 10.2. The van der Waals surface area contributed by atoms with Crippen LogP contribution in [-0.4, -0.2) is 10.5 Å². The zero-order chi connectivity index (χ0) is 9.26. The summed E-state index contributed by atoms with van der Waals surface area (Å²) in [6.45, 7) is 0. The number of aromatic nitrogens is 1. The van der Waals surface area contributed by atoms with Gasteiger partial charge >= 0.3 is 0 Å². The molecule has 1 amide bonds. The minimum atomic E-state index is -0.404. The van der Waals surface area contributed by atoms with Crippen LogP contribution >= 0.6 is 11.3 Å². The van der Waals surface area contributed by atoms with Crippen LogP contribution in [0, 0.1) is 0 Å². The summed E-state index contributed by atoms with van der Waals surface area (Å²) in [7, 11) is 0. The molecule has 0 spiro atoms. The third-order valence-corrected chi connectivity index (χ3v) is 2.61. The van der Waals surface area contributed by atoms with E-state index in [-0.39, 0.29) is 0 Å². The highest BCUT2D eigenvalue weighted by Crippen LogP contribution is 2.17. The van der Waals surface area contributed by atoms with Crippen molar-refractivity contribution >= 4 is 17.2 Å². The van der Waals surface area contributed by atoms with Gasteiger partial charge in [-0.25, -0.2) is 0 Å². The number of primary amides is 1. The van der Waals surface area contributed by atoms with E-state index in [0.29, 0.717) is 5.69 Å². The summed E-state index contributed by atoms with van der Waals surface area (Å²) < 4.78 is 1.78. The molecule has 0 saturated carbocycles. The van der Waals surface area contributed by atoms with Gasteiger partial charge < -0.3 is 10.3 Å². The Morgan fingerprint density at radius 2 is 2.23 bits per heavy atom. The lowest BCUT2D eigenvalue weighted by Crippen LogP contribution is -2.15.